The molecule has 8 N–H and O–H groups in total. The topological polar surface area (TPSA) is 182 Å². The number of nitrogens with zero attached hydrogens (tertiary/aromatic N) is 2. The Morgan fingerprint density at radius 1 is 0.933 bits per heavy atom. The van der Waals surface area contributed by atoms with Crippen LogP contribution in [0.5, 0.6) is 0 Å². The molecule has 2 heterocycles. The van der Waals surface area contributed by atoms with E-state index >= 15 is 0 Å². The van der Waals surface area contributed by atoms with Gasteiger partial charge in [-0.2, -0.15) is 0 Å². The van der Waals surface area contributed by atoms with E-state index in [9.17, 15) is 14.4 Å². The summed E-state index contributed by atoms with van der Waals surface area (Å²) < 4.78 is 0.878. The zero-order valence-electron chi connectivity index (χ0n) is 24.8. The van der Waals surface area contributed by atoms with Gasteiger partial charge in [-0.25, -0.2) is 4.98 Å². The summed E-state index contributed by atoms with van der Waals surface area (Å²) in [5.41, 5.74) is 20.9. The molecule has 0 unspecified atom stereocenters. The highest BCUT2D eigenvalue weighted by molar-refractivity contribution is 7.20. The number of aliphatic imine (C=N–C) groups is 1. The lowest BCUT2D eigenvalue weighted by Crippen LogP contribution is -2.45. The third kappa shape index (κ3) is 8.20. The summed E-state index contributed by atoms with van der Waals surface area (Å²) in [6, 6.07) is 23.1. The number of fused-ring (bicyclic) bond motifs is 2. The number of nitrogens with two attached hydrogens (primary N) is 3. The van der Waals surface area contributed by atoms with Crippen LogP contribution in [-0.4, -0.2) is 52.0 Å². The lowest BCUT2D eigenvalue weighted by Gasteiger charge is -2.22. The summed E-state index contributed by atoms with van der Waals surface area (Å²) in [6.45, 7) is 0.302. The van der Waals surface area contributed by atoms with Gasteiger partial charge >= 0.3 is 0 Å². The number of thiazole rings is 1. The second-order valence-electron chi connectivity index (χ2n) is 11.1. The van der Waals surface area contributed by atoms with E-state index in [1.807, 2.05) is 85.1 Å². The molecule has 1 amide bonds. The molecule has 5 aromatic rings. The van der Waals surface area contributed by atoms with Gasteiger partial charge in [0, 0.05) is 36.0 Å². The molecule has 3 atom stereocenters. The smallest absolute Gasteiger partial charge is 0.224 e. The van der Waals surface area contributed by atoms with Crippen LogP contribution in [0.2, 0.25) is 0 Å². The van der Waals surface area contributed by atoms with E-state index in [1.165, 1.54) is 11.3 Å². The van der Waals surface area contributed by atoms with E-state index in [1.54, 1.807) is 0 Å². The van der Waals surface area contributed by atoms with E-state index in [0.717, 1.165) is 26.7 Å². The van der Waals surface area contributed by atoms with Crippen LogP contribution in [-0.2, 0) is 22.4 Å². The zero-order chi connectivity index (χ0) is 31.8. The molecule has 0 aliphatic carbocycles. The number of hydrogen-bond acceptors (Lipinski definition) is 7. The molecular formula is C34H37N7O3S. The van der Waals surface area contributed by atoms with E-state index in [0.29, 0.717) is 42.8 Å². The molecule has 0 aliphatic rings. The third-order valence-electron chi connectivity index (χ3n) is 7.75. The third-order valence-corrected chi connectivity index (χ3v) is 8.81. The van der Waals surface area contributed by atoms with Crippen LogP contribution < -0.4 is 22.5 Å². The number of H-pyrrole nitrogens is 1. The van der Waals surface area contributed by atoms with Crippen LogP contribution in [0.15, 0.2) is 90.1 Å². The zero-order valence-corrected chi connectivity index (χ0v) is 25.6. The number of ketones is 2. The highest BCUT2D eigenvalue weighted by Crippen LogP contribution is 2.24. The number of hydrogen-bond donors (Lipinski definition) is 5. The van der Waals surface area contributed by atoms with Crippen LogP contribution in [0.3, 0.4) is 0 Å². The molecule has 5 rings (SSSR count). The number of aromatic nitrogens is 2. The molecule has 0 saturated carbocycles. The average Bonchev–Trinajstić information content (AvgIpc) is 3.66. The van der Waals surface area contributed by atoms with E-state index in [2.05, 4.69) is 20.3 Å². The first-order chi connectivity index (χ1) is 21.8. The number of benzene rings is 3. The van der Waals surface area contributed by atoms with Gasteiger partial charge in [-0.15, -0.1) is 11.3 Å². The maximum Gasteiger partial charge on any atom is 0.224 e. The lowest BCUT2D eigenvalue weighted by atomic mass is 9.89. The fourth-order valence-electron chi connectivity index (χ4n) is 5.39. The first kappa shape index (κ1) is 31.6. The van der Waals surface area contributed by atoms with Gasteiger partial charge in [0.25, 0.3) is 0 Å². The molecule has 2 aromatic heterocycles. The summed E-state index contributed by atoms with van der Waals surface area (Å²) in [5, 5.41) is 4.27. The van der Waals surface area contributed by atoms with Gasteiger partial charge in [0.15, 0.2) is 16.8 Å². The predicted octanol–water partition coefficient (Wildman–Crippen LogP) is 3.89. The van der Waals surface area contributed by atoms with Crippen molar-refractivity contribution >= 4 is 55.9 Å². The number of carbonyl (C=O) groups excluding carboxylic acids is 3. The summed E-state index contributed by atoms with van der Waals surface area (Å²) in [4.78, 5) is 52.9. The molecule has 0 fully saturated rings. The normalized spacial score (nSPS) is 13.3. The van der Waals surface area contributed by atoms with Crippen LogP contribution in [0, 0.1) is 5.92 Å². The fraction of sp³-hybridized carbons (Fsp3) is 0.265. The fourth-order valence-corrected chi connectivity index (χ4v) is 6.35. The maximum absolute atomic E-state index is 13.9. The standard InChI is InChI=1S/C34H37N7O3S/c35-25(18-23-20-39-26-12-5-4-11-24(23)26)29(42)19-22(17-21-9-2-1-3-10-21)32(44)40-28(14-8-16-38-34(36)37)31(43)33-41-27-13-6-7-15-30(27)45-33/h1-7,9-13,15,20,22,25,28,39H,8,14,16-19,35H2,(H,40,44)(H4,36,37,38)/t22-,25-,28+/m1/s1. The number of aromatic amines is 1. The Labute approximate surface area is 265 Å². The van der Waals surface area contributed by atoms with Gasteiger partial charge in [-0.05, 0) is 55.0 Å². The van der Waals surface area contributed by atoms with Gasteiger partial charge in [0.2, 0.25) is 11.7 Å². The molecule has 3 aromatic carbocycles. The monoisotopic (exact) mass is 623 g/mol. The van der Waals surface area contributed by atoms with Gasteiger partial charge in [-0.1, -0.05) is 60.7 Å². The van der Waals surface area contributed by atoms with E-state index in [4.69, 9.17) is 17.2 Å². The summed E-state index contributed by atoms with van der Waals surface area (Å²) in [6.07, 6.45) is 3.20. The second-order valence-corrected chi connectivity index (χ2v) is 12.1. The molecule has 45 heavy (non-hydrogen) atoms. The number of Topliss-reactive ketones (excluding diaryl/α,β-unsaturated/α-hetero) is 2. The maximum atomic E-state index is 13.9. The molecule has 0 saturated heterocycles. The summed E-state index contributed by atoms with van der Waals surface area (Å²) >= 11 is 1.28. The average molecular weight is 624 g/mol. The van der Waals surface area contributed by atoms with E-state index < -0.39 is 23.9 Å². The largest absolute Gasteiger partial charge is 0.370 e. The van der Waals surface area contributed by atoms with Gasteiger partial charge in [0.05, 0.1) is 22.3 Å². The number of guanidine groups is 1. The second kappa shape index (κ2) is 14.7. The lowest BCUT2D eigenvalue weighted by molar-refractivity contribution is -0.130. The molecule has 0 radical (unpaired) electrons. The first-order valence-electron chi connectivity index (χ1n) is 14.9. The summed E-state index contributed by atoms with van der Waals surface area (Å²) in [7, 11) is 0. The molecular weight excluding hydrogens is 586 g/mol. The van der Waals surface area contributed by atoms with Crippen molar-refractivity contribution < 1.29 is 14.4 Å². The van der Waals surface area contributed by atoms with Crippen molar-refractivity contribution in [1.29, 1.82) is 0 Å². The Kier molecular flexibility index (Phi) is 10.3. The van der Waals surface area contributed by atoms with Gasteiger partial charge < -0.3 is 27.5 Å². The number of para-hydroxylation sites is 2. The Morgan fingerprint density at radius 3 is 2.44 bits per heavy atom. The minimum absolute atomic E-state index is 0.0431. The summed E-state index contributed by atoms with van der Waals surface area (Å²) in [5.74, 6) is -1.70. The molecule has 232 valence electrons. The number of amides is 1. The van der Waals surface area contributed by atoms with Gasteiger partial charge in [0.1, 0.15) is 0 Å². The van der Waals surface area contributed by atoms with Crippen molar-refractivity contribution in [3.05, 3.63) is 101 Å². The minimum atomic E-state index is -0.875. The Morgan fingerprint density at radius 2 is 1.67 bits per heavy atom. The van der Waals surface area contributed by atoms with Crippen molar-refractivity contribution in [3.8, 4) is 0 Å². The first-order valence-corrected chi connectivity index (χ1v) is 15.7. The van der Waals surface area contributed by atoms with Crippen molar-refractivity contribution in [2.24, 2.45) is 28.1 Å². The van der Waals surface area contributed by atoms with Crippen molar-refractivity contribution in [3.63, 3.8) is 0 Å². The van der Waals surface area contributed by atoms with E-state index in [-0.39, 0.29) is 23.9 Å². The minimum Gasteiger partial charge on any atom is -0.370 e. The highest BCUT2D eigenvalue weighted by Gasteiger charge is 2.30. The number of carbonyl (C=O) groups is 3. The van der Waals surface area contributed by atoms with Crippen molar-refractivity contribution in [1.82, 2.24) is 15.3 Å². The van der Waals surface area contributed by atoms with Crippen LogP contribution in [0.1, 0.15) is 40.2 Å². The van der Waals surface area contributed by atoms with Crippen LogP contribution in [0.4, 0.5) is 0 Å². The Hall–Kier alpha value is -4.87. The molecule has 0 spiro atoms. The number of nitrogens with one attached hydrogen (secondary N) is 2. The quantitative estimate of drug-likeness (QED) is 0.0507. The molecule has 0 bridgehead atoms. The molecule has 10 nitrogen and oxygen atoms in total. The van der Waals surface area contributed by atoms with Crippen LogP contribution in [0.25, 0.3) is 21.1 Å². The number of rotatable bonds is 15. The van der Waals surface area contributed by atoms with Gasteiger partial charge in [-0.3, -0.25) is 19.4 Å². The SMILES string of the molecule is NC(N)=NCCC[C@H](NC(=O)[C@@H](CC(=O)[C@H](N)Cc1c[nH]c2ccccc12)Cc1ccccc1)C(=O)c1nc2ccccc2s1. The Balaban J connectivity index is 1.34. The van der Waals surface area contributed by atoms with Crippen molar-refractivity contribution in [2.75, 3.05) is 6.54 Å². The Bertz CT molecular complexity index is 1780. The molecule has 0 aliphatic heterocycles. The predicted molar refractivity (Wildman–Crippen MR) is 179 cm³/mol. The van der Waals surface area contributed by atoms with Crippen molar-refractivity contribution in [2.45, 2.75) is 44.2 Å². The molecule has 11 heteroatoms. The van der Waals surface area contributed by atoms with Crippen LogP contribution >= 0.6 is 11.3 Å². The highest BCUT2D eigenvalue weighted by atomic mass is 32.1.